The van der Waals surface area contributed by atoms with Crippen molar-refractivity contribution in [3.05, 3.63) is 34.9 Å². The van der Waals surface area contributed by atoms with Crippen molar-refractivity contribution in [2.24, 2.45) is 0 Å². The Bertz CT molecular complexity index is 542. The number of rotatable bonds is 5. The van der Waals surface area contributed by atoms with Crippen molar-refractivity contribution in [2.75, 3.05) is 0 Å². The summed E-state index contributed by atoms with van der Waals surface area (Å²) in [4.78, 5) is 33.5. The molecule has 0 radical (unpaired) electrons. The molecule has 0 spiro atoms. The molecule has 4 N–H and O–H groups in total. The smallest absolute Gasteiger partial charge is 0.347 e. The maximum absolute atomic E-state index is 11.9. The second kappa shape index (κ2) is 5.35. The molecule has 0 amide bonds. The molecule has 0 aliphatic heterocycles. The van der Waals surface area contributed by atoms with Gasteiger partial charge in [0, 0.05) is 5.56 Å². The Balaban J connectivity index is 3.36. The van der Waals surface area contributed by atoms with E-state index in [0.29, 0.717) is 0 Å². The van der Waals surface area contributed by atoms with Crippen LogP contribution in [0.4, 0.5) is 0 Å². The highest BCUT2D eigenvalue weighted by Gasteiger charge is 2.54. The van der Waals surface area contributed by atoms with Gasteiger partial charge in [-0.2, -0.15) is 0 Å². The summed E-state index contributed by atoms with van der Waals surface area (Å²) >= 11 is 5.66. The molecule has 2 atom stereocenters. The van der Waals surface area contributed by atoms with Crippen LogP contribution in [0, 0.1) is 0 Å². The molecule has 0 saturated carbocycles. The van der Waals surface area contributed by atoms with Gasteiger partial charge < -0.3 is 20.4 Å². The SMILES string of the molecule is O=C(O)C(O)C(O)(C(=O)O)C(=O)c1ccccc1Cl. The minimum atomic E-state index is -3.52. The van der Waals surface area contributed by atoms with E-state index in [4.69, 9.17) is 21.8 Å². The van der Waals surface area contributed by atoms with Gasteiger partial charge in [-0.25, -0.2) is 9.59 Å². The highest BCUT2D eigenvalue weighted by molar-refractivity contribution is 6.35. The summed E-state index contributed by atoms with van der Waals surface area (Å²) in [5, 5.41) is 36.2. The van der Waals surface area contributed by atoms with E-state index >= 15 is 0 Å². The molecule has 1 aromatic rings. The number of Topliss-reactive ketones (excluding diaryl/α,β-unsaturated/α-hetero) is 1. The minimum absolute atomic E-state index is 0.176. The van der Waals surface area contributed by atoms with Gasteiger partial charge in [0.2, 0.25) is 5.78 Å². The molecule has 19 heavy (non-hydrogen) atoms. The number of halogens is 1. The van der Waals surface area contributed by atoms with E-state index in [0.717, 1.165) is 6.07 Å². The summed E-state index contributed by atoms with van der Waals surface area (Å²) in [6, 6.07) is 5.15. The van der Waals surface area contributed by atoms with E-state index in [1.807, 2.05) is 0 Å². The van der Waals surface area contributed by atoms with Gasteiger partial charge in [0.25, 0.3) is 5.60 Å². The number of carbonyl (C=O) groups is 3. The van der Waals surface area contributed by atoms with E-state index in [1.165, 1.54) is 18.2 Å². The Labute approximate surface area is 111 Å². The van der Waals surface area contributed by atoms with Crippen molar-refractivity contribution in [3.8, 4) is 0 Å². The molecule has 8 heteroatoms. The maximum Gasteiger partial charge on any atom is 0.347 e. The number of aliphatic hydroxyl groups is 2. The zero-order valence-electron chi connectivity index (χ0n) is 9.28. The van der Waals surface area contributed by atoms with Crippen LogP contribution < -0.4 is 0 Å². The highest BCUT2D eigenvalue weighted by Crippen LogP contribution is 2.24. The third-order valence-electron chi connectivity index (χ3n) is 2.42. The minimum Gasteiger partial charge on any atom is -0.479 e. The monoisotopic (exact) mass is 288 g/mol. The molecule has 0 aliphatic carbocycles. The summed E-state index contributed by atoms with van der Waals surface area (Å²) in [5.74, 6) is -5.75. The molecule has 0 fully saturated rings. The third kappa shape index (κ3) is 2.58. The number of aliphatic hydroxyl groups excluding tert-OH is 1. The number of benzene rings is 1. The van der Waals surface area contributed by atoms with Crippen molar-refractivity contribution in [1.82, 2.24) is 0 Å². The second-order valence-corrected chi connectivity index (χ2v) is 4.03. The molecule has 0 heterocycles. The molecule has 0 aliphatic rings. The molecular weight excluding hydrogens is 280 g/mol. The van der Waals surface area contributed by atoms with E-state index in [1.54, 1.807) is 0 Å². The second-order valence-electron chi connectivity index (χ2n) is 3.62. The summed E-state index contributed by atoms with van der Waals surface area (Å²) < 4.78 is 0. The van der Waals surface area contributed by atoms with Gasteiger partial charge in [-0.3, -0.25) is 4.79 Å². The Hall–Kier alpha value is -1.96. The van der Waals surface area contributed by atoms with Gasteiger partial charge in [0.1, 0.15) is 0 Å². The lowest BCUT2D eigenvalue weighted by atomic mass is 9.87. The fraction of sp³-hybridized carbons (Fsp3) is 0.182. The number of aliphatic carboxylic acids is 2. The number of carboxylic acid groups (broad SMARTS) is 2. The van der Waals surface area contributed by atoms with Gasteiger partial charge in [0.05, 0.1) is 5.02 Å². The Morgan fingerprint density at radius 1 is 1.16 bits per heavy atom. The molecule has 0 bridgehead atoms. The molecule has 1 rings (SSSR count). The van der Waals surface area contributed by atoms with Gasteiger partial charge in [0.15, 0.2) is 6.10 Å². The first-order valence-corrected chi connectivity index (χ1v) is 5.26. The van der Waals surface area contributed by atoms with Crippen LogP contribution in [0.3, 0.4) is 0 Å². The van der Waals surface area contributed by atoms with Gasteiger partial charge in [-0.1, -0.05) is 23.7 Å². The third-order valence-corrected chi connectivity index (χ3v) is 2.75. The lowest BCUT2D eigenvalue weighted by Crippen LogP contribution is -2.58. The van der Waals surface area contributed by atoms with E-state index in [9.17, 15) is 24.6 Å². The molecule has 102 valence electrons. The van der Waals surface area contributed by atoms with Gasteiger partial charge in [-0.05, 0) is 12.1 Å². The van der Waals surface area contributed by atoms with E-state index < -0.39 is 35.0 Å². The quantitative estimate of drug-likeness (QED) is 0.435. The molecule has 0 saturated heterocycles. The topological polar surface area (TPSA) is 132 Å². The van der Waals surface area contributed by atoms with Crippen molar-refractivity contribution in [1.29, 1.82) is 0 Å². The lowest BCUT2D eigenvalue weighted by Gasteiger charge is -2.24. The zero-order chi connectivity index (χ0) is 14.8. The van der Waals surface area contributed by atoms with Crippen LogP contribution in [0.25, 0.3) is 0 Å². The van der Waals surface area contributed by atoms with Crippen molar-refractivity contribution in [3.63, 3.8) is 0 Å². The van der Waals surface area contributed by atoms with E-state index in [2.05, 4.69) is 0 Å². The molecule has 0 aromatic heterocycles. The summed E-state index contributed by atoms with van der Waals surface area (Å²) in [6.45, 7) is 0. The first-order chi connectivity index (χ1) is 8.72. The normalized spacial score (nSPS) is 15.3. The van der Waals surface area contributed by atoms with Crippen LogP contribution in [0.1, 0.15) is 10.4 Å². The van der Waals surface area contributed by atoms with Crippen LogP contribution in [-0.2, 0) is 9.59 Å². The Kier molecular flexibility index (Phi) is 4.25. The zero-order valence-corrected chi connectivity index (χ0v) is 10.0. The van der Waals surface area contributed by atoms with Gasteiger partial charge in [-0.15, -0.1) is 0 Å². The van der Waals surface area contributed by atoms with Crippen LogP contribution in [-0.4, -0.2) is 49.9 Å². The van der Waals surface area contributed by atoms with E-state index in [-0.39, 0.29) is 5.02 Å². The van der Waals surface area contributed by atoms with Crippen molar-refractivity contribution in [2.45, 2.75) is 11.7 Å². The number of carbonyl (C=O) groups excluding carboxylic acids is 1. The fourth-order valence-electron chi connectivity index (χ4n) is 1.37. The number of hydrogen-bond donors (Lipinski definition) is 4. The lowest BCUT2D eigenvalue weighted by molar-refractivity contribution is -0.175. The van der Waals surface area contributed by atoms with Crippen LogP contribution >= 0.6 is 11.6 Å². The predicted octanol–water partition coefficient (Wildman–Crippen LogP) is -0.216. The number of ketones is 1. The first kappa shape index (κ1) is 15.1. The highest BCUT2D eigenvalue weighted by atomic mass is 35.5. The van der Waals surface area contributed by atoms with Crippen molar-refractivity contribution >= 4 is 29.3 Å². The number of carboxylic acids is 2. The van der Waals surface area contributed by atoms with Crippen LogP contribution in [0.5, 0.6) is 0 Å². The van der Waals surface area contributed by atoms with Crippen LogP contribution in [0.15, 0.2) is 24.3 Å². The predicted molar refractivity (Wildman–Crippen MR) is 62.0 cm³/mol. The Morgan fingerprint density at radius 2 is 1.68 bits per heavy atom. The summed E-state index contributed by atoms with van der Waals surface area (Å²) in [6.07, 6.45) is -2.83. The molecule has 2 unspecified atom stereocenters. The first-order valence-electron chi connectivity index (χ1n) is 4.89. The summed E-state index contributed by atoms with van der Waals surface area (Å²) in [7, 11) is 0. The van der Waals surface area contributed by atoms with Crippen molar-refractivity contribution < 1.29 is 34.8 Å². The number of hydrogen-bond acceptors (Lipinski definition) is 5. The molecular formula is C11H9ClO7. The largest absolute Gasteiger partial charge is 0.479 e. The fourth-order valence-corrected chi connectivity index (χ4v) is 1.59. The average molecular weight is 289 g/mol. The summed E-state index contributed by atoms with van der Waals surface area (Å²) in [5.41, 5.74) is -3.93. The Morgan fingerprint density at radius 3 is 2.11 bits per heavy atom. The standard InChI is InChI=1S/C11H9ClO7/c12-6-4-2-1-3-5(6)7(13)11(19,10(17)18)8(14)9(15)16/h1-4,8,14,19H,(H,15,16)(H,17,18). The van der Waals surface area contributed by atoms with Gasteiger partial charge >= 0.3 is 11.9 Å². The molecule has 7 nitrogen and oxygen atoms in total. The van der Waals surface area contributed by atoms with Crippen LogP contribution in [0.2, 0.25) is 5.02 Å². The average Bonchev–Trinajstić information content (AvgIpc) is 2.36. The molecule has 1 aromatic carbocycles. The maximum atomic E-state index is 11.9.